The van der Waals surface area contributed by atoms with Gasteiger partial charge in [-0.15, -0.1) is 0 Å². The maximum atomic E-state index is 13.0. The van der Waals surface area contributed by atoms with Crippen molar-refractivity contribution < 1.29 is 80.2 Å². The van der Waals surface area contributed by atoms with E-state index in [0.29, 0.717) is 25.7 Å². The van der Waals surface area contributed by atoms with Crippen molar-refractivity contribution in [2.45, 2.75) is 374 Å². The Morgan fingerprint density at radius 1 is 0.326 bits per heavy atom. The lowest BCUT2D eigenvalue weighted by atomic mass is 10.00. The van der Waals surface area contributed by atoms with Gasteiger partial charge >= 0.3 is 39.5 Å². The van der Waals surface area contributed by atoms with Crippen molar-refractivity contribution in [3.8, 4) is 0 Å². The highest BCUT2D eigenvalue weighted by molar-refractivity contribution is 7.47. The van der Waals surface area contributed by atoms with Crippen LogP contribution in [-0.4, -0.2) is 96.7 Å². The lowest BCUT2D eigenvalue weighted by molar-refractivity contribution is -0.161. The molecule has 0 radical (unpaired) electrons. The van der Waals surface area contributed by atoms with Crippen molar-refractivity contribution in [1.29, 1.82) is 0 Å². The van der Waals surface area contributed by atoms with Gasteiger partial charge < -0.3 is 33.8 Å². The van der Waals surface area contributed by atoms with Crippen molar-refractivity contribution in [2.75, 3.05) is 39.6 Å². The van der Waals surface area contributed by atoms with Gasteiger partial charge in [-0.05, 0) is 37.5 Å². The molecule has 0 aromatic heterocycles. The van der Waals surface area contributed by atoms with Crippen molar-refractivity contribution in [1.82, 2.24) is 0 Å². The summed E-state index contributed by atoms with van der Waals surface area (Å²) in [5.74, 6) is -0.656. The van der Waals surface area contributed by atoms with Crippen LogP contribution in [0.3, 0.4) is 0 Å². The molecule has 0 aliphatic rings. The predicted octanol–water partition coefficient (Wildman–Crippen LogP) is 20.0. The van der Waals surface area contributed by atoms with E-state index in [0.717, 1.165) is 108 Å². The minimum absolute atomic E-state index is 0.104. The predicted molar refractivity (Wildman–Crippen MR) is 358 cm³/mol. The Bertz CT molecular complexity index is 1740. The Morgan fingerprint density at radius 2 is 0.573 bits per heavy atom. The van der Waals surface area contributed by atoms with Crippen LogP contribution in [0.15, 0.2) is 0 Å². The third-order valence-corrected chi connectivity index (χ3v) is 18.5. The number of aliphatic hydroxyl groups excluding tert-OH is 1. The summed E-state index contributed by atoms with van der Waals surface area (Å²) >= 11 is 0. The van der Waals surface area contributed by atoms with Gasteiger partial charge in [-0.25, -0.2) is 9.13 Å². The average molecular weight is 1310 g/mol. The Morgan fingerprint density at radius 3 is 0.854 bits per heavy atom. The van der Waals surface area contributed by atoms with Crippen LogP contribution in [-0.2, 0) is 65.4 Å². The molecule has 3 N–H and O–H groups in total. The number of rotatable bonds is 69. The molecule has 0 spiro atoms. The van der Waals surface area contributed by atoms with E-state index in [-0.39, 0.29) is 25.7 Å². The summed E-state index contributed by atoms with van der Waals surface area (Å²) in [6.45, 7) is 9.49. The number of ether oxygens (including phenoxy) is 4. The van der Waals surface area contributed by atoms with E-state index in [1.165, 1.54) is 167 Å². The normalized spacial score (nSPS) is 14.4. The number of esters is 4. The van der Waals surface area contributed by atoms with Gasteiger partial charge in [0.15, 0.2) is 12.2 Å². The van der Waals surface area contributed by atoms with Gasteiger partial charge in [-0.1, -0.05) is 305 Å². The van der Waals surface area contributed by atoms with Gasteiger partial charge in [0.1, 0.15) is 19.3 Å². The molecule has 3 unspecified atom stereocenters. The molecule has 528 valence electrons. The first-order valence-corrected chi connectivity index (χ1v) is 39.5. The molecule has 19 heteroatoms. The number of hydrogen-bond acceptors (Lipinski definition) is 15. The Balaban J connectivity index is 5.26. The summed E-state index contributed by atoms with van der Waals surface area (Å²) in [6.07, 6.45) is 47.1. The minimum atomic E-state index is -4.95. The first-order valence-electron chi connectivity index (χ1n) is 36.5. The van der Waals surface area contributed by atoms with E-state index in [4.69, 9.17) is 37.0 Å². The van der Waals surface area contributed by atoms with Crippen LogP contribution in [0.4, 0.5) is 0 Å². The summed E-state index contributed by atoms with van der Waals surface area (Å²) < 4.78 is 68.3. The van der Waals surface area contributed by atoms with Gasteiger partial charge in [0.2, 0.25) is 0 Å². The minimum Gasteiger partial charge on any atom is -0.462 e. The lowest BCUT2D eigenvalue weighted by Gasteiger charge is -2.21. The molecule has 0 bridgehead atoms. The third-order valence-electron chi connectivity index (χ3n) is 16.6. The van der Waals surface area contributed by atoms with Crippen LogP contribution in [0.5, 0.6) is 0 Å². The summed E-state index contributed by atoms with van der Waals surface area (Å²) in [7, 11) is -9.90. The van der Waals surface area contributed by atoms with E-state index in [1.807, 2.05) is 0 Å². The van der Waals surface area contributed by atoms with Crippen LogP contribution in [0.2, 0.25) is 0 Å². The number of phosphoric acid groups is 2. The average Bonchev–Trinajstić information content (AvgIpc) is 3.66. The number of aliphatic hydroxyl groups is 1. The van der Waals surface area contributed by atoms with E-state index >= 15 is 0 Å². The molecule has 17 nitrogen and oxygen atoms in total. The molecule has 0 aromatic carbocycles. The van der Waals surface area contributed by atoms with Gasteiger partial charge in [-0.2, -0.15) is 0 Å². The summed E-state index contributed by atoms with van der Waals surface area (Å²) in [5, 5.41) is 10.6. The number of unbranched alkanes of at least 4 members (excludes halogenated alkanes) is 38. The second-order valence-corrected chi connectivity index (χ2v) is 28.9. The van der Waals surface area contributed by atoms with Crippen molar-refractivity contribution in [2.24, 2.45) is 11.8 Å². The van der Waals surface area contributed by atoms with E-state index in [1.54, 1.807) is 0 Å². The maximum absolute atomic E-state index is 13.0. The lowest BCUT2D eigenvalue weighted by Crippen LogP contribution is -2.30. The van der Waals surface area contributed by atoms with Crippen LogP contribution < -0.4 is 0 Å². The standard InChI is InChI=1S/C70H136O17P2/c1-7-10-12-14-16-18-20-22-24-26-30-34-42-48-54-69(74)86-65(58-80-67(72)52-46-40-33-29-25-23-21-19-17-15-13-11-8-2)60-84-88(76,77)82-56-64(71)57-83-89(78,79)85-61-66(59-81-68(73)53-47-41-37-36-39-45-51-63(6)9-3)87-70(75)55-49-43-35-31-27-28-32-38-44-50-62(4)5/h62-66,71H,7-61H2,1-6H3,(H,76,77)(H,78,79)/t63?,64-,65-,66-/m1/s1. The molecule has 89 heavy (non-hydrogen) atoms. The van der Waals surface area contributed by atoms with Crippen molar-refractivity contribution in [3.05, 3.63) is 0 Å². The molecule has 0 amide bonds. The van der Waals surface area contributed by atoms with E-state index in [2.05, 4.69) is 41.5 Å². The molecule has 0 aliphatic carbocycles. The summed E-state index contributed by atoms with van der Waals surface area (Å²) in [4.78, 5) is 72.5. The number of hydrogen-bond donors (Lipinski definition) is 3. The molecule has 6 atom stereocenters. The second-order valence-electron chi connectivity index (χ2n) is 26.0. The molecule has 0 saturated carbocycles. The summed E-state index contributed by atoms with van der Waals surface area (Å²) in [5.41, 5.74) is 0. The zero-order chi connectivity index (χ0) is 65.7. The largest absolute Gasteiger partial charge is 0.472 e. The fraction of sp³-hybridized carbons (Fsp3) is 0.943. The Kier molecular flexibility index (Phi) is 60.8. The first-order chi connectivity index (χ1) is 42.9. The topological polar surface area (TPSA) is 237 Å². The molecule has 0 heterocycles. The zero-order valence-electron chi connectivity index (χ0n) is 57.7. The van der Waals surface area contributed by atoms with Crippen LogP contribution in [0, 0.1) is 11.8 Å². The molecule has 0 aliphatic heterocycles. The van der Waals surface area contributed by atoms with Gasteiger partial charge in [-0.3, -0.25) is 37.3 Å². The molecule has 0 saturated heterocycles. The smallest absolute Gasteiger partial charge is 0.462 e. The monoisotopic (exact) mass is 1310 g/mol. The van der Waals surface area contributed by atoms with E-state index in [9.17, 15) is 43.2 Å². The van der Waals surface area contributed by atoms with Crippen molar-refractivity contribution >= 4 is 39.5 Å². The third kappa shape index (κ3) is 63.2. The maximum Gasteiger partial charge on any atom is 0.472 e. The Hall–Kier alpha value is -1.94. The number of carbonyl (C=O) groups excluding carboxylic acids is 4. The molecule has 0 fully saturated rings. The first kappa shape index (κ1) is 87.1. The number of carbonyl (C=O) groups is 4. The molecular weight excluding hydrogens is 1170 g/mol. The van der Waals surface area contributed by atoms with Crippen molar-refractivity contribution in [3.63, 3.8) is 0 Å². The van der Waals surface area contributed by atoms with Gasteiger partial charge in [0, 0.05) is 25.7 Å². The highest BCUT2D eigenvalue weighted by atomic mass is 31.2. The van der Waals surface area contributed by atoms with Crippen LogP contribution in [0.1, 0.15) is 356 Å². The van der Waals surface area contributed by atoms with E-state index < -0.39 is 97.5 Å². The highest BCUT2D eigenvalue weighted by Crippen LogP contribution is 2.45. The fourth-order valence-corrected chi connectivity index (χ4v) is 12.1. The van der Waals surface area contributed by atoms with Crippen LogP contribution in [0.25, 0.3) is 0 Å². The zero-order valence-corrected chi connectivity index (χ0v) is 59.5. The quantitative estimate of drug-likeness (QED) is 0.0222. The fourth-order valence-electron chi connectivity index (χ4n) is 10.6. The van der Waals surface area contributed by atoms with Crippen LogP contribution >= 0.6 is 15.6 Å². The SMILES string of the molecule is CCCCCCCCCCCCCCCCC(=O)O[C@H](COC(=O)CCCCCCCCCCCCCCC)COP(=O)(O)OC[C@@H](O)COP(=O)(O)OC[C@@H](COC(=O)CCCCCCCCC(C)CC)OC(=O)CCCCCCCCCCCC(C)C. The number of phosphoric ester groups is 2. The van der Waals surface area contributed by atoms with Gasteiger partial charge in [0.25, 0.3) is 0 Å². The Labute approximate surface area is 543 Å². The summed E-state index contributed by atoms with van der Waals surface area (Å²) in [6, 6.07) is 0. The second kappa shape index (κ2) is 62.2. The van der Waals surface area contributed by atoms with Gasteiger partial charge in [0.05, 0.1) is 26.4 Å². The molecule has 0 aromatic rings. The highest BCUT2D eigenvalue weighted by Gasteiger charge is 2.30. The molecular formula is C70H136O17P2. The molecule has 0 rings (SSSR count).